The molecule has 0 aliphatic carbocycles. The molecule has 1 aromatic carbocycles. The van der Waals surface area contributed by atoms with Crippen LogP contribution in [0.3, 0.4) is 0 Å². The van der Waals surface area contributed by atoms with Crippen LogP contribution in [0.4, 0.5) is 17.6 Å². The summed E-state index contributed by atoms with van der Waals surface area (Å²) >= 11 is 1.40. The fourth-order valence-electron chi connectivity index (χ4n) is 3.38. The lowest BCUT2D eigenvalue weighted by atomic mass is 10.3. The van der Waals surface area contributed by atoms with E-state index in [0.717, 1.165) is 17.1 Å². The van der Waals surface area contributed by atoms with Gasteiger partial charge in [0.25, 0.3) is 0 Å². The third kappa shape index (κ3) is 4.00. The first-order chi connectivity index (χ1) is 15.2. The SMILES string of the molecule is COc1c(F)c(F)c(S(=O)(=O)N2CCN(Cc3csc(-c4ccco4)n3)CC2)c(F)c1F. The minimum atomic E-state index is -4.82. The van der Waals surface area contributed by atoms with E-state index in [2.05, 4.69) is 9.72 Å². The second kappa shape index (κ2) is 8.81. The van der Waals surface area contributed by atoms with Gasteiger partial charge in [-0.25, -0.2) is 22.2 Å². The highest BCUT2D eigenvalue weighted by atomic mass is 32.2. The molecule has 1 fully saturated rings. The van der Waals surface area contributed by atoms with E-state index in [0.29, 0.717) is 17.3 Å². The number of hydrogen-bond acceptors (Lipinski definition) is 7. The summed E-state index contributed by atoms with van der Waals surface area (Å²) in [6.07, 6.45) is 1.54. The molecule has 32 heavy (non-hydrogen) atoms. The molecule has 1 aliphatic heterocycles. The maximum atomic E-state index is 14.3. The number of benzene rings is 1. The van der Waals surface area contributed by atoms with Crippen LogP contribution in [0.5, 0.6) is 5.75 Å². The second-order valence-corrected chi connectivity index (χ2v) is 9.65. The maximum Gasteiger partial charge on any atom is 0.249 e. The quantitative estimate of drug-likeness (QED) is 0.388. The smallest absolute Gasteiger partial charge is 0.249 e. The molecule has 0 unspecified atom stereocenters. The van der Waals surface area contributed by atoms with Gasteiger partial charge >= 0.3 is 0 Å². The molecule has 0 bridgehead atoms. The third-order valence-electron chi connectivity index (χ3n) is 4.99. The number of ether oxygens (including phenoxy) is 1. The number of rotatable bonds is 6. The highest BCUT2D eigenvalue weighted by Gasteiger charge is 2.38. The Balaban J connectivity index is 1.47. The highest BCUT2D eigenvalue weighted by Crippen LogP contribution is 2.34. The Morgan fingerprint density at radius 2 is 1.75 bits per heavy atom. The second-order valence-electron chi connectivity index (χ2n) is 6.92. The van der Waals surface area contributed by atoms with E-state index >= 15 is 0 Å². The molecule has 1 saturated heterocycles. The van der Waals surface area contributed by atoms with Gasteiger partial charge in [0, 0.05) is 38.1 Å². The Labute approximate surface area is 184 Å². The number of thiazole rings is 1. The van der Waals surface area contributed by atoms with Crippen molar-refractivity contribution >= 4 is 21.4 Å². The molecule has 0 radical (unpaired) electrons. The van der Waals surface area contributed by atoms with Crippen LogP contribution in [0.2, 0.25) is 0 Å². The van der Waals surface area contributed by atoms with Crippen molar-refractivity contribution in [2.45, 2.75) is 11.4 Å². The lowest BCUT2D eigenvalue weighted by Gasteiger charge is -2.33. The summed E-state index contributed by atoms with van der Waals surface area (Å²) < 4.78 is 92.6. The van der Waals surface area contributed by atoms with Crippen LogP contribution in [0.15, 0.2) is 33.1 Å². The number of methoxy groups -OCH3 is 1. The van der Waals surface area contributed by atoms with Crippen molar-refractivity contribution in [3.8, 4) is 16.5 Å². The molecule has 172 valence electrons. The van der Waals surface area contributed by atoms with E-state index in [9.17, 15) is 26.0 Å². The lowest BCUT2D eigenvalue weighted by Crippen LogP contribution is -2.48. The topological polar surface area (TPSA) is 75.9 Å². The fraction of sp³-hybridized carbons (Fsp3) is 0.316. The molecule has 4 rings (SSSR count). The van der Waals surface area contributed by atoms with E-state index in [1.807, 2.05) is 10.3 Å². The van der Waals surface area contributed by atoms with E-state index in [1.54, 1.807) is 18.4 Å². The van der Waals surface area contributed by atoms with Crippen molar-refractivity contribution in [3.05, 3.63) is 52.7 Å². The van der Waals surface area contributed by atoms with Crippen molar-refractivity contribution < 1.29 is 35.1 Å². The minimum Gasteiger partial charge on any atom is -0.491 e. The van der Waals surface area contributed by atoms with Gasteiger partial charge in [-0.15, -0.1) is 11.3 Å². The molecule has 3 heterocycles. The zero-order valence-electron chi connectivity index (χ0n) is 16.6. The van der Waals surface area contributed by atoms with Crippen molar-refractivity contribution in [1.82, 2.24) is 14.2 Å². The number of sulfonamides is 1. The largest absolute Gasteiger partial charge is 0.491 e. The lowest BCUT2D eigenvalue weighted by molar-refractivity contribution is 0.179. The number of aromatic nitrogens is 1. The molecule has 3 aromatic rings. The first-order valence-electron chi connectivity index (χ1n) is 9.34. The van der Waals surface area contributed by atoms with E-state index in [-0.39, 0.29) is 26.2 Å². The summed E-state index contributed by atoms with van der Waals surface area (Å²) in [5.41, 5.74) is 0.758. The highest BCUT2D eigenvalue weighted by molar-refractivity contribution is 7.89. The van der Waals surface area contributed by atoms with Crippen molar-refractivity contribution in [2.24, 2.45) is 0 Å². The Morgan fingerprint density at radius 1 is 1.09 bits per heavy atom. The first kappa shape index (κ1) is 22.7. The number of hydrogen-bond donors (Lipinski definition) is 0. The van der Waals surface area contributed by atoms with Gasteiger partial charge in [-0.2, -0.15) is 13.1 Å². The van der Waals surface area contributed by atoms with E-state index in [1.165, 1.54) is 11.3 Å². The predicted octanol–water partition coefficient (Wildman–Crippen LogP) is 3.47. The Bertz CT molecular complexity index is 1190. The first-order valence-corrected chi connectivity index (χ1v) is 11.7. The molecular weight excluding hydrogens is 474 g/mol. The van der Waals surface area contributed by atoms with Gasteiger partial charge in [0.15, 0.2) is 33.0 Å². The molecule has 0 amide bonds. The molecule has 0 N–H and O–H groups in total. The van der Waals surface area contributed by atoms with Crippen LogP contribution in [-0.2, 0) is 16.6 Å². The number of furan rings is 1. The molecule has 0 atom stereocenters. The van der Waals surface area contributed by atoms with Crippen LogP contribution in [-0.4, -0.2) is 55.9 Å². The Kier molecular flexibility index (Phi) is 6.25. The molecular formula is C19H17F4N3O4S2. The maximum absolute atomic E-state index is 14.3. The zero-order valence-corrected chi connectivity index (χ0v) is 18.3. The van der Waals surface area contributed by atoms with Gasteiger partial charge in [-0.05, 0) is 12.1 Å². The van der Waals surface area contributed by atoms with Gasteiger partial charge in [0.1, 0.15) is 0 Å². The molecule has 0 saturated carbocycles. The Hall–Kier alpha value is -2.48. The van der Waals surface area contributed by atoms with Crippen LogP contribution in [0.25, 0.3) is 10.8 Å². The predicted molar refractivity (Wildman–Crippen MR) is 107 cm³/mol. The van der Waals surface area contributed by atoms with Gasteiger partial charge < -0.3 is 9.15 Å². The van der Waals surface area contributed by atoms with Gasteiger partial charge in [0.05, 0.1) is 19.1 Å². The molecule has 1 aliphatic rings. The molecule has 7 nitrogen and oxygen atoms in total. The van der Waals surface area contributed by atoms with Crippen LogP contribution >= 0.6 is 11.3 Å². The summed E-state index contributed by atoms with van der Waals surface area (Å²) in [5.74, 6) is -8.52. The molecule has 2 aromatic heterocycles. The van der Waals surface area contributed by atoms with Crippen LogP contribution < -0.4 is 4.74 Å². The molecule has 13 heteroatoms. The third-order valence-corrected chi connectivity index (χ3v) is 7.81. The van der Waals surface area contributed by atoms with Crippen LogP contribution in [0, 0.1) is 23.3 Å². The zero-order chi connectivity index (χ0) is 23.0. The summed E-state index contributed by atoms with van der Waals surface area (Å²) in [5, 5.41) is 2.56. The van der Waals surface area contributed by atoms with E-state index < -0.39 is 43.9 Å². The average Bonchev–Trinajstić information content (AvgIpc) is 3.45. The standard InChI is InChI=1S/C19H17F4N3O4S2/c1-29-17-13(20)15(22)18(16(23)14(17)21)32(27,28)26-6-4-25(5-7-26)9-11-10-31-19(24-11)12-3-2-8-30-12/h2-3,8,10H,4-7,9H2,1H3. The fourth-order valence-corrected chi connectivity index (χ4v) is 5.69. The van der Waals surface area contributed by atoms with Gasteiger partial charge in [-0.1, -0.05) is 0 Å². The summed E-state index contributed by atoms with van der Waals surface area (Å²) in [6.45, 7) is 0.658. The van der Waals surface area contributed by atoms with Crippen molar-refractivity contribution in [3.63, 3.8) is 0 Å². The van der Waals surface area contributed by atoms with E-state index in [4.69, 9.17) is 4.42 Å². The summed E-state index contributed by atoms with van der Waals surface area (Å²) in [6, 6.07) is 3.54. The normalized spacial score (nSPS) is 15.9. The molecule has 0 spiro atoms. The summed E-state index contributed by atoms with van der Waals surface area (Å²) in [4.78, 5) is 4.73. The summed E-state index contributed by atoms with van der Waals surface area (Å²) in [7, 11) is -4.01. The number of halogens is 4. The monoisotopic (exact) mass is 491 g/mol. The van der Waals surface area contributed by atoms with Crippen LogP contribution in [0.1, 0.15) is 5.69 Å². The average molecular weight is 491 g/mol. The number of nitrogens with zero attached hydrogens (tertiary/aromatic N) is 3. The Morgan fingerprint density at radius 3 is 2.31 bits per heavy atom. The van der Waals surface area contributed by atoms with Crippen molar-refractivity contribution in [2.75, 3.05) is 33.3 Å². The van der Waals surface area contributed by atoms with Crippen molar-refractivity contribution in [1.29, 1.82) is 0 Å². The van der Waals surface area contributed by atoms with Gasteiger partial charge in [-0.3, -0.25) is 4.90 Å². The van der Waals surface area contributed by atoms with Gasteiger partial charge in [0.2, 0.25) is 21.7 Å². The number of piperazine rings is 1. The minimum absolute atomic E-state index is 0.119.